The maximum absolute atomic E-state index is 13.4. The Hall–Kier alpha value is -1.40. The molecule has 0 bridgehead atoms. The number of hydrogen-bond donors (Lipinski definition) is 1. The van der Waals surface area contributed by atoms with Gasteiger partial charge in [0.25, 0.3) is 0 Å². The lowest BCUT2D eigenvalue weighted by molar-refractivity contribution is -0.150. The zero-order valence-electron chi connectivity index (χ0n) is 23.6. The molecule has 0 aromatic carbocycles. The Labute approximate surface area is 234 Å². The van der Waals surface area contributed by atoms with Crippen LogP contribution in [0.3, 0.4) is 0 Å². The van der Waals surface area contributed by atoms with Gasteiger partial charge in [-0.3, -0.25) is 23.7 Å². The summed E-state index contributed by atoms with van der Waals surface area (Å²) in [6.07, 6.45) is -0.419. The lowest BCUT2D eigenvalue weighted by Gasteiger charge is -2.21. The van der Waals surface area contributed by atoms with Crippen LogP contribution in [0.25, 0.3) is 0 Å². The molecule has 14 heteroatoms. The third kappa shape index (κ3) is 15.9. The molecule has 0 aliphatic rings. The van der Waals surface area contributed by atoms with E-state index >= 15 is 0 Å². The van der Waals surface area contributed by atoms with E-state index in [1.807, 2.05) is 41.5 Å². The molecule has 220 valence electrons. The van der Waals surface area contributed by atoms with E-state index in [0.717, 1.165) is 37.7 Å². The van der Waals surface area contributed by atoms with Gasteiger partial charge >= 0.3 is 19.5 Å². The van der Waals surface area contributed by atoms with Crippen molar-refractivity contribution in [2.45, 2.75) is 66.8 Å². The number of hydrogen-bond acceptors (Lipinski definition) is 12. The minimum atomic E-state index is -3.97. The maximum atomic E-state index is 13.4. The monoisotopic (exact) mass is 599 g/mol. The second kappa shape index (κ2) is 17.3. The highest BCUT2D eigenvalue weighted by Crippen LogP contribution is 2.48. The van der Waals surface area contributed by atoms with Crippen molar-refractivity contribution in [3.8, 4) is 0 Å². The fourth-order valence-corrected chi connectivity index (χ4v) is 5.69. The molecule has 0 aromatic rings. The normalized spacial score (nSPS) is 12.9. The van der Waals surface area contributed by atoms with Crippen molar-refractivity contribution in [3.63, 3.8) is 0 Å². The third-order valence-electron chi connectivity index (χ3n) is 4.60. The summed E-state index contributed by atoms with van der Waals surface area (Å²) >= 11 is 2.28. The van der Waals surface area contributed by atoms with Crippen molar-refractivity contribution >= 4 is 59.2 Å². The molecule has 0 rings (SSSR count). The number of methoxy groups -OCH3 is 2. The van der Waals surface area contributed by atoms with Gasteiger partial charge < -0.3 is 23.8 Å². The number of nitrogens with one attached hydrogen (secondary N) is 1. The summed E-state index contributed by atoms with van der Waals surface area (Å²) in [5, 5.41) is 2.34. The molecule has 1 atom stereocenters. The van der Waals surface area contributed by atoms with Gasteiger partial charge in [0.1, 0.15) is 12.2 Å². The van der Waals surface area contributed by atoms with Gasteiger partial charge in [-0.25, -0.2) is 4.79 Å². The predicted octanol–water partition coefficient (Wildman–Crippen LogP) is 3.83. The molecule has 0 aliphatic carbocycles. The average molecular weight is 600 g/mol. The van der Waals surface area contributed by atoms with Gasteiger partial charge in [0, 0.05) is 22.3 Å². The molecule has 0 radical (unpaired) electrons. The number of ether oxygens (including phenoxy) is 2. The smallest absolute Gasteiger partial charge is 0.340 e. The van der Waals surface area contributed by atoms with Crippen LogP contribution < -0.4 is 5.32 Å². The first-order valence-electron chi connectivity index (χ1n) is 12.1. The van der Waals surface area contributed by atoms with Crippen LogP contribution in [0, 0.1) is 10.8 Å². The number of thioether (sulfide) groups is 2. The summed E-state index contributed by atoms with van der Waals surface area (Å²) in [4.78, 5) is 60.3. The van der Waals surface area contributed by atoms with Crippen LogP contribution in [-0.2, 0) is 47.1 Å². The van der Waals surface area contributed by atoms with Gasteiger partial charge in [0.2, 0.25) is 5.91 Å². The van der Waals surface area contributed by atoms with E-state index in [1.54, 1.807) is 0 Å². The lowest BCUT2D eigenvalue weighted by Crippen LogP contribution is -2.44. The van der Waals surface area contributed by atoms with E-state index in [1.165, 1.54) is 0 Å². The number of amides is 1. The first kappa shape index (κ1) is 36.6. The zero-order chi connectivity index (χ0) is 29.6. The molecule has 38 heavy (non-hydrogen) atoms. The van der Waals surface area contributed by atoms with E-state index in [2.05, 4.69) is 14.8 Å². The molecule has 0 aromatic heterocycles. The van der Waals surface area contributed by atoms with Crippen LogP contribution in [0.5, 0.6) is 0 Å². The van der Waals surface area contributed by atoms with Crippen LogP contribution in [0.2, 0.25) is 0 Å². The number of esters is 2. The van der Waals surface area contributed by atoms with Crippen LogP contribution >= 0.6 is 31.1 Å². The van der Waals surface area contributed by atoms with Gasteiger partial charge in [-0.05, 0) is 12.8 Å². The zero-order valence-corrected chi connectivity index (χ0v) is 26.1. The largest absolute Gasteiger partial charge is 0.469 e. The molecular weight excluding hydrogens is 557 g/mol. The van der Waals surface area contributed by atoms with Crippen LogP contribution in [0.1, 0.15) is 60.8 Å². The van der Waals surface area contributed by atoms with Gasteiger partial charge in [0.15, 0.2) is 10.2 Å². The quantitative estimate of drug-likeness (QED) is 0.156. The first-order chi connectivity index (χ1) is 17.4. The van der Waals surface area contributed by atoms with Crippen LogP contribution in [0.4, 0.5) is 0 Å². The lowest BCUT2D eigenvalue weighted by atomic mass is 9.99. The SMILES string of the molecule is COC(=O)C[C@H](NC(=O)CP(=O)(OCCCSC(=O)C(C)(C)C)OCCCSC(=O)C(C)(C)C)C(=O)OC. The highest BCUT2D eigenvalue weighted by Gasteiger charge is 2.32. The molecule has 0 saturated heterocycles. The molecular formula is C24H42NO10PS2. The first-order valence-corrected chi connectivity index (χ1v) is 15.8. The standard InChI is InChI=1S/C24H42NO10PS2/c1-23(2,3)21(29)37-13-9-11-34-36(31,35-12-10-14-38-22(30)24(4,5)6)16-18(26)25-17(20(28)33-8)15-19(27)32-7/h17H,9-16H2,1-8H3,(H,25,26)/t17-/m0/s1. The second-order valence-corrected chi connectivity index (χ2v) is 14.5. The van der Waals surface area contributed by atoms with E-state index < -0.39 is 54.9 Å². The molecule has 1 N–H and O–H groups in total. The van der Waals surface area contributed by atoms with Crippen molar-refractivity contribution in [3.05, 3.63) is 0 Å². The highest BCUT2D eigenvalue weighted by atomic mass is 32.2. The molecule has 0 aliphatic heterocycles. The Morgan fingerprint density at radius 2 is 1.24 bits per heavy atom. The molecule has 11 nitrogen and oxygen atoms in total. The third-order valence-corrected chi connectivity index (χ3v) is 9.16. The van der Waals surface area contributed by atoms with Crippen LogP contribution in [0.15, 0.2) is 0 Å². The average Bonchev–Trinajstić information content (AvgIpc) is 2.80. The predicted molar refractivity (Wildman–Crippen MR) is 148 cm³/mol. The molecule has 0 heterocycles. The van der Waals surface area contributed by atoms with E-state index in [-0.39, 0.29) is 23.4 Å². The Kier molecular flexibility index (Phi) is 16.7. The Bertz CT molecular complexity index is 827. The fraction of sp³-hybridized carbons (Fsp3) is 0.792. The summed E-state index contributed by atoms with van der Waals surface area (Å²) in [5.41, 5.74) is -0.983. The van der Waals surface area contributed by atoms with Gasteiger partial charge in [-0.15, -0.1) is 0 Å². The minimum absolute atomic E-state index is 0.0121. The minimum Gasteiger partial charge on any atom is -0.469 e. The van der Waals surface area contributed by atoms with Crippen molar-refractivity contribution in [1.29, 1.82) is 0 Å². The van der Waals surface area contributed by atoms with E-state index in [9.17, 15) is 28.5 Å². The topological polar surface area (TPSA) is 151 Å². The van der Waals surface area contributed by atoms with E-state index in [0.29, 0.717) is 24.3 Å². The Morgan fingerprint density at radius 3 is 1.61 bits per heavy atom. The number of rotatable bonds is 16. The maximum Gasteiger partial charge on any atom is 0.340 e. The molecule has 0 spiro atoms. The Morgan fingerprint density at radius 1 is 0.789 bits per heavy atom. The molecule has 0 saturated carbocycles. The van der Waals surface area contributed by atoms with Crippen molar-refractivity contribution in [1.82, 2.24) is 5.32 Å². The summed E-state index contributed by atoms with van der Waals surface area (Å²) in [5.74, 6) is -1.61. The molecule has 0 unspecified atom stereocenters. The second-order valence-electron chi connectivity index (χ2n) is 10.3. The summed E-state index contributed by atoms with van der Waals surface area (Å²) < 4.78 is 33.5. The fourth-order valence-electron chi connectivity index (χ4n) is 2.42. The number of carbonyl (C=O) groups excluding carboxylic acids is 5. The molecule has 1 amide bonds. The van der Waals surface area contributed by atoms with Gasteiger partial charge in [-0.2, -0.15) is 0 Å². The number of carbonyl (C=O) groups is 5. The Balaban J connectivity index is 5.15. The van der Waals surface area contributed by atoms with Crippen LogP contribution in [-0.4, -0.2) is 79.2 Å². The van der Waals surface area contributed by atoms with Gasteiger partial charge in [-0.1, -0.05) is 65.1 Å². The summed E-state index contributed by atoms with van der Waals surface area (Å²) in [7, 11) is -1.74. The molecule has 0 fully saturated rings. The van der Waals surface area contributed by atoms with Gasteiger partial charge in [0.05, 0.1) is 33.9 Å². The van der Waals surface area contributed by atoms with Crippen molar-refractivity contribution in [2.24, 2.45) is 10.8 Å². The summed E-state index contributed by atoms with van der Waals surface area (Å²) in [6.45, 7) is 10.8. The van der Waals surface area contributed by atoms with Crippen molar-refractivity contribution in [2.75, 3.05) is 45.1 Å². The van der Waals surface area contributed by atoms with Crippen molar-refractivity contribution < 1.29 is 47.1 Å². The van der Waals surface area contributed by atoms with E-state index in [4.69, 9.17) is 9.05 Å². The highest BCUT2D eigenvalue weighted by molar-refractivity contribution is 8.14. The summed E-state index contributed by atoms with van der Waals surface area (Å²) in [6, 6.07) is -1.34.